The second kappa shape index (κ2) is 6.88. The molecule has 2 aliphatic rings. The van der Waals surface area contributed by atoms with Crippen molar-refractivity contribution in [2.24, 2.45) is 0 Å². The summed E-state index contributed by atoms with van der Waals surface area (Å²) in [5, 5.41) is 3.66. The van der Waals surface area contributed by atoms with E-state index >= 15 is 0 Å². The van der Waals surface area contributed by atoms with E-state index in [1.165, 1.54) is 58.3 Å². The van der Waals surface area contributed by atoms with E-state index in [9.17, 15) is 0 Å². The molecule has 2 heterocycles. The van der Waals surface area contributed by atoms with E-state index < -0.39 is 0 Å². The van der Waals surface area contributed by atoms with Gasteiger partial charge in [-0.25, -0.2) is 0 Å². The summed E-state index contributed by atoms with van der Waals surface area (Å²) in [4.78, 5) is 5.23. The van der Waals surface area contributed by atoms with Gasteiger partial charge in [0.2, 0.25) is 0 Å². The minimum atomic E-state index is 0.719. The Balaban J connectivity index is 1.71. The quantitative estimate of drug-likeness (QED) is 0.826. The molecule has 3 heteroatoms. The maximum absolute atomic E-state index is 3.66. The van der Waals surface area contributed by atoms with Gasteiger partial charge in [0.25, 0.3) is 0 Å². The summed E-state index contributed by atoms with van der Waals surface area (Å²) >= 11 is 0. The number of rotatable bonds is 4. The van der Waals surface area contributed by atoms with Gasteiger partial charge in [-0.2, -0.15) is 0 Å². The van der Waals surface area contributed by atoms with Gasteiger partial charge in [0, 0.05) is 24.7 Å². The molecular weight excluding hydrogens is 222 g/mol. The molecule has 0 aromatic carbocycles. The number of piperidine rings is 2. The Kier molecular flexibility index (Phi) is 5.46. The lowest BCUT2D eigenvalue weighted by Gasteiger charge is -2.40. The molecule has 0 aromatic rings. The molecule has 0 aromatic heterocycles. The summed E-state index contributed by atoms with van der Waals surface area (Å²) in [5.74, 6) is 0. The third-order valence-corrected chi connectivity index (χ3v) is 4.77. The third-order valence-electron chi connectivity index (χ3n) is 4.77. The predicted molar refractivity (Wildman–Crippen MR) is 78.0 cm³/mol. The Bertz CT molecular complexity index is 228. The Labute approximate surface area is 113 Å². The average molecular weight is 253 g/mol. The van der Waals surface area contributed by atoms with Gasteiger partial charge in [-0.3, -0.25) is 0 Å². The van der Waals surface area contributed by atoms with Gasteiger partial charge in [-0.1, -0.05) is 6.42 Å². The molecule has 2 saturated heterocycles. The van der Waals surface area contributed by atoms with Gasteiger partial charge >= 0.3 is 0 Å². The van der Waals surface area contributed by atoms with E-state index in [0.29, 0.717) is 0 Å². The van der Waals surface area contributed by atoms with Crippen LogP contribution in [-0.2, 0) is 0 Å². The smallest absolute Gasteiger partial charge is 0.0195 e. The van der Waals surface area contributed by atoms with Crippen molar-refractivity contribution in [3.8, 4) is 0 Å². The number of nitrogens with one attached hydrogen (secondary N) is 1. The minimum Gasteiger partial charge on any atom is -0.313 e. The first kappa shape index (κ1) is 14.3. The van der Waals surface area contributed by atoms with E-state index in [-0.39, 0.29) is 0 Å². The fourth-order valence-corrected chi connectivity index (χ4v) is 3.42. The van der Waals surface area contributed by atoms with E-state index in [2.05, 4.69) is 36.0 Å². The number of likely N-dealkylation sites (N-methyl/N-ethyl adjacent to an activating group) is 1. The lowest BCUT2D eigenvalue weighted by Crippen LogP contribution is -2.50. The molecule has 0 saturated carbocycles. The fourth-order valence-electron chi connectivity index (χ4n) is 3.42. The van der Waals surface area contributed by atoms with Crippen LogP contribution in [0, 0.1) is 0 Å². The average Bonchev–Trinajstić information content (AvgIpc) is 2.40. The molecule has 0 bridgehead atoms. The Hall–Kier alpha value is -0.120. The topological polar surface area (TPSA) is 18.5 Å². The van der Waals surface area contributed by atoms with E-state index in [4.69, 9.17) is 0 Å². The summed E-state index contributed by atoms with van der Waals surface area (Å²) in [6.45, 7) is 9.66. The van der Waals surface area contributed by atoms with Crippen molar-refractivity contribution in [1.82, 2.24) is 15.1 Å². The highest BCUT2D eigenvalue weighted by molar-refractivity contribution is 4.83. The first-order valence-electron chi connectivity index (χ1n) is 7.84. The molecule has 0 amide bonds. The van der Waals surface area contributed by atoms with Gasteiger partial charge in [0.15, 0.2) is 0 Å². The van der Waals surface area contributed by atoms with Crippen LogP contribution in [0.15, 0.2) is 0 Å². The van der Waals surface area contributed by atoms with E-state index in [1.54, 1.807) is 0 Å². The zero-order chi connectivity index (χ0) is 13.0. The fraction of sp³-hybridized carbons (Fsp3) is 1.00. The standard InChI is InChI=1S/C15H31N3/c1-13(2)18-10-7-15(8-11-18)17(3)12-14-6-4-5-9-16-14/h13-16H,4-12H2,1-3H3. The molecular formula is C15H31N3. The highest BCUT2D eigenvalue weighted by Gasteiger charge is 2.25. The monoisotopic (exact) mass is 253 g/mol. The van der Waals surface area contributed by atoms with E-state index in [0.717, 1.165) is 18.1 Å². The SMILES string of the molecule is CC(C)N1CCC(N(C)CC2CCCCN2)CC1. The van der Waals surface area contributed by atoms with E-state index in [1.807, 2.05) is 0 Å². The minimum absolute atomic E-state index is 0.719. The van der Waals surface area contributed by atoms with Crippen molar-refractivity contribution in [1.29, 1.82) is 0 Å². The van der Waals surface area contributed by atoms with Crippen molar-refractivity contribution in [2.75, 3.05) is 33.2 Å². The van der Waals surface area contributed by atoms with Crippen LogP contribution in [0.3, 0.4) is 0 Å². The summed E-state index contributed by atoms with van der Waals surface area (Å²) < 4.78 is 0. The second-order valence-electron chi connectivity index (χ2n) is 6.45. The van der Waals surface area contributed by atoms with Gasteiger partial charge in [0.1, 0.15) is 0 Å². The molecule has 0 aliphatic carbocycles. The van der Waals surface area contributed by atoms with Crippen LogP contribution in [-0.4, -0.2) is 61.2 Å². The molecule has 2 aliphatic heterocycles. The molecule has 3 nitrogen and oxygen atoms in total. The molecule has 1 atom stereocenters. The highest BCUT2D eigenvalue weighted by atomic mass is 15.2. The van der Waals surface area contributed by atoms with Crippen LogP contribution < -0.4 is 5.32 Å². The first-order chi connectivity index (χ1) is 8.66. The van der Waals surface area contributed by atoms with Crippen molar-refractivity contribution in [2.45, 2.75) is 64.1 Å². The lowest BCUT2D eigenvalue weighted by atomic mass is 10.00. The van der Waals surface area contributed by atoms with Crippen molar-refractivity contribution < 1.29 is 0 Å². The molecule has 0 spiro atoms. The second-order valence-corrected chi connectivity index (χ2v) is 6.45. The zero-order valence-corrected chi connectivity index (χ0v) is 12.5. The van der Waals surface area contributed by atoms with Gasteiger partial charge in [0.05, 0.1) is 0 Å². The third kappa shape index (κ3) is 3.94. The normalized spacial score (nSPS) is 28.2. The van der Waals surface area contributed by atoms with Crippen LogP contribution in [0.1, 0.15) is 46.0 Å². The van der Waals surface area contributed by atoms with Gasteiger partial charge in [-0.05, 0) is 66.2 Å². The van der Waals surface area contributed by atoms with Crippen LogP contribution in [0.4, 0.5) is 0 Å². The summed E-state index contributed by atoms with van der Waals surface area (Å²) in [7, 11) is 2.33. The summed E-state index contributed by atoms with van der Waals surface area (Å²) in [6.07, 6.45) is 6.85. The number of hydrogen-bond donors (Lipinski definition) is 1. The molecule has 106 valence electrons. The van der Waals surface area contributed by atoms with Gasteiger partial charge < -0.3 is 15.1 Å². The molecule has 2 fully saturated rings. The maximum atomic E-state index is 3.66. The maximum Gasteiger partial charge on any atom is 0.0195 e. The van der Waals surface area contributed by atoms with Crippen molar-refractivity contribution in [3.05, 3.63) is 0 Å². The highest BCUT2D eigenvalue weighted by Crippen LogP contribution is 2.18. The molecule has 0 radical (unpaired) electrons. The molecule has 1 unspecified atom stereocenters. The summed E-state index contributed by atoms with van der Waals surface area (Å²) in [5.41, 5.74) is 0. The molecule has 1 N–H and O–H groups in total. The first-order valence-corrected chi connectivity index (χ1v) is 7.84. The lowest BCUT2D eigenvalue weighted by molar-refractivity contribution is 0.0993. The van der Waals surface area contributed by atoms with Crippen LogP contribution >= 0.6 is 0 Å². The predicted octanol–water partition coefficient (Wildman–Crippen LogP) is 1.93. The molecule has 2 rings (SSSR count). The Morgan fingerprint density at radius 1 is 1.17 bits per heavy atom. The number of likely N-dealkylation sites (tertiary alicyclic amines) is 1. The van der Waals surface area contributed by atoms with Gasteiger partial charge in [-0.15, -0.1) is 0 Å². The Morgan fingerprint density at radius 3 is 2.44 bits per heavy atom. The van der Waals surface area contributed by atoms with Crippen LogP contribution in [0.2, 0.25) is 0 Å². The summed E-state index contributed by atoms with van der Waals surface area (Å²) in [6, 6.07) is 2.27. The Morgan fingerprint density at radius 2 is 1.89 bits per heavy atom. The zero-order valence-electron chi connectivity index (χ0n) is 12.5. The van der Waals surface area contributed by atoms with Crippen molar-refractivity contribution in [3.63, 3.8) is 0 Å². The van der Waals surface area contributed by atoms with Crippen LogP contribution in [0.5, 0.6) is 0 Å². The number of hydrogen-bond acceptors (Lipinski definition) is 3. The largest absolute Gasteiger partial charge is 0.313 e. The molecule has 18 heavy (non-hydrogen) atoms. The van der Waals surface area contributed by atoms with Crippen LogP contribution in [0.25, 0.3) is 0 Å². The van der Waals surface area contributed by atoms with Crippen molar-refractivity contribution >= 4 is 0 Å². The number of nitrogens with zero attached hydrogens (tertiary/aromatic N) is 2.